The van der Waals surface area contributed by atoms with Gasteiger partial charge in [0, 0.05) is 6.20 Å². The Labute approximate surface area is 99.4 Å². The van der Waals surface area contributed by atoms with Crippen molar-refractivity contribution < 1.29 is 4.79 Å². The molecule has 1 unspecified atom stereocenters. The van der Waals surface area contributed by atoms with Crippen molar-refractivity contribution in [1.82, 2.24) is 4.98 Å². The molecular formula is C14H10N2O. The normalized spacial score (nSPS) is 11.5. The summed E-state index contributed by atoms with van der Waals surface area (Å²) < 4.78 is 0. The van der Waals surface area contributed by atoms with E-state index < -0.39 is 5.92 Å². The van der Waals surface area contributed by atoms with Gasteiger partial charge in [-0.05, 0) is 17.7 Å². The van der Waals surface area contributed by atoms with E-state index >= 15 is 0 Å². The summed E-state index contributed by atoms with van der Waals surface area (Å²) in [6.45, 7) is 0. The Balaban J connectivity index is 2.33. The van der Waals surface area contributed by atoms with Crippen LogP contribution in [-0.2, 0) is 0 Å². The molecule has 1 aromatic carbocycles. The topological polar surface area (TPSA) is 53.8 Å². The van der Waals surface area contributed by atoms with Gasteiger partial charge in [0.05, 0.1) is 6.07 Å². The summed E-state index contributed by atoms with van der Waals surface area (Å²) >= 11 is 0. The SMILES string of the molecule is N#CC(C(=O)c1ccccn1)c1ccccc1. The molecule has 0 spiro atoms. The second-order valence-corrected chi connectivity index (χ2v) is 3.55. The van der Waals surface area contributed by atoms with Gasteiger partial charge in [-0.2, -0.15) is 5.26 Å². The first kappa shape index (κ1) is 11.0. The van der Waals surface area contributed by atoms with Crippen molar-refractivity contribution in [3.05, 3.63) is 66.0 Å². The van der Waals surface area contributed by atoms with Crippen molar-refractivity contribution in [3.8, 4) is 6.07 Å². The maximum absolute atomic E-state index is 12.1. The van der Waals surface area contributed by atoms with Crippen LogP contribution >= 0.6 is 0 Å². The number of aromatic nitrogens is 1. The molecule has 1 atom stereocenters. The number of hydrogen-bond donors (Lipinski definition) is 0. The van der Waals surface area contributed by atoms with Gasteiger partial charge < -0.3 is 0 Å². The monoisotopic (exact) mass is 222 g/mol. The second-order valence-electron chi connectivity index (χ2n) is 3.55. The Kier molecular flexibility index (Phi) is 3.27. The molecule has 82 valence electrons. The average Bonchev–Trinajstić information content (AvgIpc) is 2.42. The molecule has 1 aromatic heterocycles. The van der Waals surface area contributed by atoms with Crippen LogP contribution < -0.4 is 0 Å². The third-order valence-electron chi connectivity index (χ3n) is 2.44. The van der Waals surface area contributed by atoms with Crippen molar-refractivity contribution in [1.29, 1.82) is 5.26 Å². The van der Waals surface area contributed by atoms with E-state index in [4.69, 9.17) is 5.26 Å². The summed E-state index contributed by atoms with van der Waals surface area (Å²) in [6, 6.07) is 16.1. The zero-order valence-corrected chi connectivity index (χ0v) is 9.08. The number of pyridine rings is 1. The smallest absolute Gasteiger partial charge is 0.202 e. The number of nitriles is 1. The summed E-state index contributed by atoms with van der Waals surface area (Å²) in [6.07, 6.45) is 1.55. The molecule has 3 heteroatoms. The molecule has 0 aliphatic rings. The van der Waals surface area contributed by atoms with Crippen molar-refractivity contribution >= 4 is 5.78 Å². The number of nitrogens with zero attached hydrogens (tertiary/aromatic N) is 2. The number of ketones is 1. The molecule has 1 heterocycles. The van der Waals surface area contributed by atoms with Crippen LogP contribution in [0.2, 0.25) is 0 Å². The van der Waals surface area contributed by atoms with E-state index in [0.29, 0.717) is 11.3 Å². The van der Waals surface area contributed by atoms with E-state index in [9.17, 15) is 4.79 Å². The van der Waals surface area contributed by atoms with Gasteiger partial charge in [-0.15, -0.1) is 0 Å². The Morgan fingerprint density at radius 1 is 1.12 bits per heavy atom. The van der Waals surface area contributed by atoms with Gasteiger partial charge in [0.1, 0.15) is 11.6 Å². The molecule has 0 aliphatic carbocycles. The molecule has 0 aliphatic heterocycles. The zero-order chi connectivity index (χ0) is 12.1. The fraction of sp³-hybridized carbons (Fsp3) is 0.0714. The third-order valence-corrected chi connectivity index (χ3v) is 2.44. The zero-order valence-electron chi connectivity index (χ0n) is 9.08. The molecule has 3 nitrogen and oxygen atoms in total. The Morgan fingerprint density at radius 3 is 2.41 bits per heavy atom. The predicted molar refractivity (Wildman–Crippen MR) is 63.4 cm³/mol. The van der Waals surface area contributed by atoms with Gasteiger partial charge >= 0.3 is 0 Å². The van der Waals surface area contributed by atoms with Gasteiger partial charge in [0.15, 0.2) is 0 Å². The summed E-state index contributed by atoms with van der Waals surface area (Å²) in [5.41, 5.74) is 1.02. The first-order valence-electron chi connectivity index (χ1n) is 5.22. The quantitative estimate of drug-likeness (QED) is 0.750. The van der Waals surface area contributed by atoms with Crippen LogP contribution in [0, 0.1) is 11.3 Å². The Morgan fingerprint density at radius 2 is 1.82 bits per heavy atom. The van der Waals surface area contributed by atoms with E-state index in [0.717, 1.165) is 0 Å². The number of hydrogen-bond acceptors (Lipinski definition) is 3. The van der Waals surface area contributed by atoms with Gasteiger partial charge in [0.2, 0.25) is 5.78 Å². The highest BCUT2D eigenvalue weighted by atomic mass is 16.1. The maximum atomic E-state index is 12.1. The fourth-order valence-electron chi connectivity index (χ4n) is 1.59. The Bertz CT molecular complexity index is 543. The molecule has 0 bridgehead atoms. The first-order valence-corrected chi connectivity index (χ1v) is 5.22. The maximum Gasteiger partial charge on any atom is 0.202 e. The number of carbonyl (C=O) groups excluding carboxylic acids is 1. The minimum Gasteiger partial charge on any atom is -0.291 e. The molecule has 0 N–H and O–H groups in total. The minimum atomic E-state index is -0.786. The molecule has 2 rings (SSSR count). The van der Waals surface area contributed by atoms with Crippen molar-refractivity contribution in [3.63, 3.8) is 0 Å². The molecule has 0 fully saturated rings. The van der Waals surface area contributed by atoms with E-state index in [1.165, 1.54) is 0 Å². The summed E-state index contributed by atoms with van der Waals surface area (Å²) in [7, 11) is 0. The largest absolute Gasteiger partial charge is 0.291 e. The third kappa shape index (κ3) is 2.37. The highest BCUT2D eigenvalue weighted by Crippen LogP contribution is 2.18. The summed E-state index contributed by atoms with van der Waals surface area (Å²) in [5.74, 6) is -1.05. The van der Waals surface area contributed by atoms with Crippen LogP contribution in [0.3, 0.4) is 0 Å². The van der Waals surface area contributed by atoms with Gasteiger partial charge in [0.25, 0.3) is 0 Å². The molecule has 2 aromatic rings. The predicted octanol–water partition coefficient (Wildman–Crippen LogP) is 2.57. The summed E-state index contributed by atoms with van der Waals surface area (Å²) in [5, 5.41) is 9.11. The lowest BCUT2D eigenvalue weighted by molar-refractivity contribution is 0.0974. The van der Waals surface area contributed by atoms with Crippen LogP contribution in [-0.4, -0.2) is 10.8 Å². The van der Waals surface area contributed by atoms with Crippen molar-refractivity contribution in [2.45, 2.75) is 5.92 Å². The molecule has 0 saturated carbocycles. The second kappa shape index (κ2) is 5.04. The standard InChI is InChI=1S/C14H10N2O/c15-10-12(11-6-2-1-3-7-11)14(17)13-8-4-5-9-16-13/h1-9,12H. The fourth-order valence-corrected chi connectivity index (χ4v) is 1.59. The summed E-state index contributed by atoms with van der Waals surface area (Å²) in [4.78, 5) is 16.1. The molecular weight excluding hydrogens is 212 g/mol. The average molecular weight is 222 g/mol. The van der Waals surface area contributed by atoms with Crippen LogP contribution in [0.15, 0.2) is 54.7 Å². The number of carbonyl (C=O) groups is 1. The lowest BCUT2D eigenvalue weighted by atomic mass is 9.94. The van der Waals surface area contributed by atoms with Gasteiger partial charge in [-0.25, -0.2) is 0 Å². The highest BCUT2D eigenvalue weighted by Gasteiger charge is 2.22. The number of Topliss-reactive ketones (excluding diaryl/α,β-unsaturated/α-hetero) is 1. The van der Waals surface area contributed by atoms with Crippen LogP contribution in [0.5, 0.6) is 0 Å². The van der Waals surface area contributed by atoms with Crippen LogP contribution in [0.25, 0.3) is 0 Å². The molecule has 0 amide bonds. The van der Waals surface area contributed by atoms with E-state index in [2.05, 4.69) is 4.98 Å². The van der Waals surface area contributed by atoms with Gasteiger partial charge in [-0.1, -0.05) is 36.4 Å². The molecule has 0 saturated heterocycles. The van der Waals surface area contributed by atoms with Crippen molar-refractivity contribution in [2.24, 2.45) is 0 Å². The van der Waals surface area contributed by atoms with Crippen LogP contribution in [0.1, 0.15) is 22.0 Å². The highest BCUT2D eigenvalue weighted by molar-refractivity contribution is 6.01. The lowest BCUT2D eigenvalue weighted by Crippen LogP contribution is -2.12. The lowest BCUT2D eigenvalue weighted by Gasteiger charge is -2.07. The van der Waals surface area contributed by atoms with Gasteiger partial charge in [-0.3, -0.25) is 9.78 Å². The number of benzene rings is 1. The van der Waals surface area contributed by atoms with E-state index in [1.54, 1.807) is 36.5 Å². The van der Waals surface area contributed by atoms with Crippen LogP contribution in [0.4, 0.5) is 0 Å². The van der Waals surface area contributed by atoms with E-state index in [1.807, 2.05) is 24.3 Å². The Hall–Kier alpha value is -2.47. The number of rotatable bonds is 3. The van der Waals surface area contributed by atoms with Crippen molar-refractivity contribution in [2.75, 3.05) is 0 Å². The first-order chi connectivity index (χ1) is 8.33. The molecule has 0 radical (unpaired) electrons. The molecule has 17 heavy (non-hydrogen) atoms. The van der Waals surface area contributed by atoms with E-state index in [-0.39, 0.29) is 5.78 Å². The minimum absolute atomic E-state index is 0.265.